The highest BCUT2D eigenvalue weighted by Crippen LogP contribution is 2.13. The van der Waals surface area contributed by atoms with E-state index in [0.29, 0.717) is 11.1 Å². The number of carbonyl (C=O) groups is 2. The molecule has 0 aliphatic heterocycles. The largest absolute Gasteiger partial charge is 0.444 e. The fraction of sp³-hybridized carbons (Fsp3) is 0.471. The zero-order chi connectivity index (χ0) is 18.3. The first kappa shape index (κ1) is 19.5. The van der Waals surface area contributed by atoms with Crippen LogP contribution in [0.3, 0.4) is 0 Å². The quantitative estimate of drug-likeness (QED) is 0.832. The second kappa shape index (κ2) is 8.31. The van der Waals surface area contributed by atoms with Gasteiger partial charge >= 0.3 is 6.09 Å². The monoisotopic (exact) mass is 333 g/mol. The molecule has 2 amide bonds. The maximum atomic E-state index is 12.4. The number of nitriles is 1. The average molecular weight is 333 g/mol. The van der Waals surface area contributed by atoms with Crippen molar-refractivity contribution in [2.24, 2.45) is 0 Å². The molecule has 1 aromatic carbocycles. The van der Waals surface area contributed by atoms with E-state index >= 15 is 0 Å². The zero-order valence-electron chi connectivity index (χ0n) is 14.6. The number of hydrogen-bond donors (Lipinski definition) is 1. The number of hydrogen-bond acceptors (Lipinski definition) is 5. The van der Waals surface area contributed by atoms with Gasteiger partial charge in [-0.2, -0.15) is 5.26 Å². The highest BCUT2D eigenvalue weighted by atomic mass is 16.7. The molecule has 1 rings (SSSR count). The van der Waals surface area contributed by atoms with E-state index in [1.54, 1.807) is 45.0 Å². The summed E-state index contributed by atoms with van der Waals surface area (Å²) in [5.41, 5.74) is 0.412. The first-order valence-corrected chi connectivity index (χ1v) is 7.47. The maximum absolute atomic E-state index is 12.4. The van der Waals surface area contributed by atoms with Crippen LogP contribution in [-0.4, -0.2) is 42.9 Å². The number of nitrogens with one attached hydrogen (secondary N) is 1. The van der Waals surface area contributed by atoms with E-state index in [1.807, 2.05) is 0 Å². The fourth-order valence-electron chi connectivity index (χ4n) is 1.99. The SMILES string of the molecule is CON(C)C(=O)C(Cc1ccccc1C#N)NC(=O)OC(C)(C)C. The van der Waals surface area contributed by atoms with Crippen molar-refractivity contribution in [3.8, 4) is 6.07 Å². The molecule has 1 unspecified atom stereocenters. The Hall–Kier alpha value is -2.59. The molecule has 0 aliphatic rings. The lowest BCUT2D eigenvalue weighted by Crippen LogP contribution is -2.49. The van der Waals surface area contributed by atoms with E-state index in [9.17, 15) is 14.9 Å². The van der Waals surface area contributed by atoms with Gasteiger partial charge in [-0.25, -0.2) is 9.86 Å². The van der Waals surface area contributed by atoms with Gasteiger partial charge in [0.15, 0.2) is 0 Å². The summed E-state index contributed by atoms with van der Waals surface area (Å²) in [4.78, 5) is 29.3. The van der Waals surface area contributed by atoms with E-state index < -0.39 is 23.6 Å². The summed E-state index contributed by atoms with van der Waals surface area (Å²) in [7, 11) is 2.80. The number of likely N-dealkylation sites (N-methyl/N-ethyl adjacent to an activating group) is 1. The van der Waals surface area contributed by atoms with Gasteiger partial charge in [0.05, 0.1) is 18.7 Å². The van der Waals surface area contributed by atoms with Crippen LogP contribution in [0.5, 0.6) is 0 Å². The number of benzene rings is 1. The second-order valence-corrected chi connectivity index (χ2v) is 6.19. The van der Waals surface area contributed by atoms with Crippen LogP contribution in [0.4, 0.5) is 4.79 Å². The molecule has 7 nitrogen and oxygen atoms in total. The minimum Gasteiger partial charge on any atom is -0.444 e. The van der Waals surface area contributed by atoms with Crippen LogP contribution in [0.25, 0.3) is 0 Å². The molecule has 7 heteroatoms. The van der Waals surface area contributed by atoms with Crippen molar-refractivity contribution >= 4 is 12.0 Å². The zero-order valence-corrected chi connectivity index (χ0v) is 14.6. The maximum Gasteiger partial charge on any atom is 0.408 e. The summed E-state index contributed by atoms with van der Waals surface area (Å²) in [5, 5.41) is 12.7. The predicted molar refractivity (Wildman–Crippen MR) is 87.8 cm³/mol. The van der Waals surface area contributed by atoms with Gasteiger partial charge in [0.1, 0.15) is 11.6 Å². The molecule has 24 heavy (non-hydrogen) atoms. The van der Waals surface area contributed by atoms with E-state index in [0.717, 1.165) is 5.06 Å². The smallest absolute Gasteiger partial charge is 0.408 e. The Balaban J connectivity index is 3.00. The summed E-state index contributed by atoms with van der Waals surface area (Å²) in [5.74, 6) is -0.448. The van der Waals surface area contributed by atoms with Crippen molar-refractivity contribution in [1.82, 2.24) is 10.4 Å². The van der Waals surface area contributed by atoms with E-state index in [1.165, 1.54) is 14.2 Å². The number of rotatable bonds is 5. The lowest BCUT2D eigenvalue weighted by atomic mass is 10.0. The lowest BCUT2D eigenvalue weighted by molar-refractivity contribution is -0.171. The van der Waals surface area contributed by atoms with Gasteiger partial charge in [0.25, 0.3) is 5.91 Å². The first-order valence-electron chi connectivity index (χ1n) is 7.47. The molecule has 0 aliphatic carbocycles. The Morgan fingerprint density at radius 2 is 1.96 bits per heavy atom. The number of alkyl carbamates (subject to hydrolysis) is 1. The average Bonchev–Trinajstić information content (AvgIpc) is 2.51. The molecular weight excluding hydrogens is 310 g/mol. The molecule has 0 heterocycles. The normalized spacial score (nSPS) is 12.0. The van der Waals surface area contributed by atoms with Gasteiger partial charge in [-0.3, -0.25) is 9.63 Å². The third-order valence-electron chi connectivity index (χ3n) is 3.14. The molecule has 0 saturated carbocycles. The van der Waals surface area contributed by atoms with Gasteiger partial charge in [0, 0.05) is 13.5 Å². The molecule has 130 valence electrons. The summed E-state index contributed by atoms with van der Waals surface area (Å²) in [6.07, 6.45) is -0.560. The van der Waals surface area contributed by atoms with Crippen LogP contribution in [-0.2, 0) is 20.8 Å². The molecule has 0 fully saturated rings. The van der Waals surface area contributed by atoms with E-state index in [4.69, 9.17) is 9.57 Å². The van der Waals surface area contributed by atoms with E-state index in [2.05, 4.69) is 11.4 Å². The number of hydroxylamine groups is 2. The second-order valence-electron chi connectivity index (χ2n) is 6.19. The van der Waals surface area contributed by atoms with Crippen LogP contribution in [0.2, 0.25) is 0 Å². The third-order valence-corrected chi connectivity index (χ3v) is 3.14. The van der Waals surface area contributed by atoms with Crippen molar-refractivity contribution in [3.63, 3.8) is 0 Å². The number of nitrogens with zero attached hydrogens (tertiary/aromatic N) is 2. The number of carbonyl (C=O) groups excluding carboxylic acids is 2. The molecule has 1 aromatic rings. The Kier molecular flexibility index (Phi) is 6.74. The molecule has 0 spiro atoms. The Labute approximate surface area is 142 Å². The van der Waals surface area contributed by atoms with E-state index in [-0.39, 0.29) is 6.42 Å². The van der Waals surface area contributed by atoms with Crippen molar-refractivity contribution in [2.75, 3.05) is 14.2 Å². The Bertz CT molecular complexity index is 631. The van der Waals surface area contributed by atoms with Crippen molar-refractivity contribution < 1.29 is 19.2 Å². The molecular formula is C17H23N3O4. The van der Waals surface area contributed by atoms with Gasteiger partial charge in [-0.15, -0.1) is 0 Å². The van der Waals surface area contributed by atoms with Crippen LogP contribution < -0.4 is 5.32 Å². The standard InChI is InChI=1S/C17H23N3O4/c1-17(2,3)24-16(22)19-14(15(21)20(4)23-5)10-12-8-6-7-9-13(12)11-18/h6-9,14H,10H2,1-5H3,(H,19,22). The fourth-order valence-corrected chi connectivity index (χ4v) is 1.99. The highest BCUT2D eigenvalue weighted by Gasteiger charge is 2.27. The number of amides is 2. The van der Waals surface area contributed by atoms with Gasteiger partial charge < -0.3 is 10.1 Å². The molecule has 1 N–H and O–H groups in total. The van der Waals surface area contributed by atoms with Gasteiger partial charge in [-0.05, 0) is 32.4 Å². The summed E-state index contributed by atoms with van der Waals surface area (Å²) in [6.45, 7) is 5.20. The molecule has 0 aromatic heterocycles. The minimum atomic E-state index is -0.917. The topological polar surface area (TPSA) is 91.7 Å². The van der Waals surface area contributed by atoms with Crippen LogP contribution in [0, 0.1) is 11.3 Å². The van der Waals surface area contributed by atoms with Gasteiger partial charge in [0.2, 0.25) is 0 Å². The van der Waals surface area contributed by atoms with Crippen molar-refractivity contribution in [3.05, 3.63) is 35.4 Å². The lowest BCUT2D eigenvalue weighted by Gasteiger charge is -2.25. The van der Waals surface area contributed by atoms with Crippen LogP contribution >= 0.6 is 0 Å². The molecule has 1 atom stereocenters. The summed E-state index contributed by atoms with van der Waals surface area (Å²) >= 11 is 0. The van der Waals surface area contributed by atoms with Crippen LogP contribution in [0.1, 0.15) is 31.9 Å². The van der Waals surface area contributed by atoms with Crippen LogP contribution in [0.15, 0.2) is 24.3 Å². The molecule has 0 radical (unpaired) electrons. The Morgan fingerprint density at radius 1 is 1.33 bits per heavy atom. The number of ether oxygens (including phenoxy) is 1. The predicted octanol–water partition coefficient (Wildman–Crippen LogP) is 2.01. The van der Waals surface area contributed by atoms with Gasteiger partial charge in [-0.1, -0.05) is 18.2 Å². The summed E-state index contributed by atoms with van der Waals surface area (Å²) in [6, 6.07) is 8.06. The Morgan fingerprint density at radius 3 is 2.50 bits per heavy atom. The van der Waals surface area contributed by atoms with Crippen molar-refractivity contribution in [1.29, 1.82) is 5.26 Å². The summed E-state index contributed by atoms with van der Waals surface area (Å²) < 4.78 is 5.20. The third kappa shape index (κ3) is 5.89. The minimum absolute atomic E-state index is 0.148. The highest BCUT2D eigenvalue weighted by molar-refractivity contribution is 5.85. The molecule has 0 saturated heterocycles. The molecule has 0 bridgehead atoms. The first-order chi connectivity index (χ1) is 11.2. The van der Waals surface area contributed by atoms with Crippen molar-refractivity contribution in [2.45, 2.75) is 38.8 Å².